The Morgan fingerprint density at radius 3 is 1.05 bits per heavy atom. The highest BCUT2D eigenvalue weighted by Gasteiger charge is 2.39. The van der Waals surface area contributed by atoms with Crippen molar-refractivity contribution in [2.24, 2.45) is 47.3 Å². The van der Waals surface area contributed by atoms with Crippen molar-refractivity contribution < 1.29 is 14.2 Å². The van der Waals surface area contributed by atoms with Crippen LogP contribution in [0.2, 0.25) is 0 Å². The number of benzene rings is 2. The van der Waals surface area contributed by atoms with Gasteiger partial charge in [0.05, 0.1) is 26.4 Å². The van der Waals surface area contributed by atoms with Gasteiger partial charge in [0.15, 0.2) is 0 Å². The molecule has 2 aromatic carbocycles. The molecule has 2 unspecified atom stereocenters. The molecular formula is C52H82O3. The van der Waals surface area contributed by atoms with E-state index in [2.05, 4.69) is 62.4 Å². The van der Waals surface area contributed by atoms with Gasteiger partial charge in [0.1, 0.15) is 11.5 Å². The first-order chi connectivity index (χ1) is 27.1. The van der Waals surface area contributed by atoms with Crippen molar-refractivity contribution in [2.75, 3.05) is 14.2 Å². The van der Waals surface area contributed by atoms with Crippen LogP contribution in [0.15, 0.2) is 48.5 Å². The highest BCUT2D eigenvalue weighted by Crippen LogP contribution is 2.50. The molecule has 4 saturated carbocycles. The molecule has 2 aromatic rings. The summed E-state index contributed by atoms with van der Waals surface area (Å²) in [6.07, 6.45) is 37.1. The second-order valence-corrected chi connectivity index (χ2v) is 19.1. The molecule has 0 heterocycles. The Kier molecular flexibility index (Phi) is 17.7. The molecule has 55 heavy (non-hydrogen) atoms. The summed E-state index contributed by atoms with van der Waals surface area (Å²) >= 11 is 0. The molecule has 0 aromatic heterocycles. The lowest BCUT2D eigenvalue weighted by molar-refractivity contribution is -0.0935. The van der Waals surface area contributed by atoms with Gasteiger partial charge in [-0.05, 0) is 160 Å². The monoisotopic (exact) mass is 755 g/mol. The summed E-state index contributed by atoms with van der Waals surface area (Å²) in [4.78, 5) is 0. The van der Waals surface area contributed by atoms with Crippen LogP contribution in [0.4, 0.5) is 0 Å². The fourth-order valence-electron chi connectivity index (χ4n) is 12.1. The molecule has 3 heteroatoms. The molecule has 0 bridgehead atoms. The Bertz CT molecular complexity index is 1190. The van der Waals surface area contributed by atoms with Crippen molar-refractivity contribution in [1.29, 1.82) is 0 Å². The topological polar surface area (TPSA) is 27.7 Å². The molecule has 308 valence electrons. The molecule has 0 aliphatic heterocycles. The van der Waals surface area contributed by atoms with E-state index in [1.165, 1.54) is 178 Å². The highest BCUT2D eigenvalue weighted by molar-refractivity contribution is 5.31. The first kappa shape index (κ1) is 42.6. The van der Waals surface area contributed by atoms with Crippen molar-refractivity contribution in [2.45, 2.75) is 193 Å². The van der Waals surface area contributed by atoms with Gasteiger partial charge in [-0.1, -0.05) is 128 Å². The summed E-state index contributed by atoms with van der Waals surface area (Å²) in [7, 11) is 3.56. The third kappa shape index (κ3) is 12.5. The summed E-state index contributed by atoms with van der Waals surface area (Å²) in [5, 5.41) is 0. The molecule has 2 atom stereocenters. The fourth-order valence-corrected chi connectivity index (χ4v) is 12.1. The third-order valence-corrected chi connectivity index (χ3v) is 15.7. The summed E-state index contributed by atoms with van der Waals surface area (Å²) in [5.41, 5.74) is 2.68. The van der Waals surface area contributed by atoms with Gasteiger partial charge in [-0.15, -0.1) is 0 Å². The maximum Gasteiger partial charge on any atom is 0.118 e. The fraction of sp³-hybridized carbons (Fsp3) is 0.769. The standard InChI is InChI=1S/C52H82O3/c1-5-7-9-11-13-39-15-19-41(20-16-39)43-23-27-45(28-24-43)51(47-31-35-49(53-3)36-32-47)55-52(48-33-37-50(54-4)38-34-48)46-29-25-44(26-30-46)42-21-17-40(18-22-42)14-12-10-8-6-2/h31-46,51-52H,5-30H2,1-4H3/t39-,40-,41-,42-,43-,44-,45-,46-,51?,52?. The predicted octanol–water partition coefficient (Wildman–Crippen LogP) is 15.7. The number of hydrogen-bond acceptors (Lipinski definition) is 3. The summed E-state index contributed by atoms with van der Waals surface area (Å²) in [5.74, 6) is 8.74. The molecule has 4 aliphatic rings. The summed E-state index contributed by atoms with van der Waals surface area (Å²) in [6, 6.07) is 17.9. The molecule has 0 saturated heterocycles. The minimum atomic E-state index is 0.114. The van der Waals surface area contributed by atoms with Crippen LogP contribution in [-0.4, -0.2) is 14.2 Å². The van der Waals surface area contributed by atoms with E-state index in [1.807, 2.05) is 0 Å². The SMILES string of the molecule is CCCCCC[C@H]1CC[C@H]([C@H]2CC[C@H](C(OC(c3ccc(OC)cc3)[C@H]3CC[C@H]([C@H]4CC[C@H](CCCCCC)CC4)CC3)c3ccc(OC)cc3)CC2)CC1. The van der Waals surface area contributed by atoms with Crippen molar-refractivity contribution >= 4 is 0 Å². The van der Waals surface area contributed by atoms with Crippen LogP contribution in [0.25, 0.3) is 0 Å². The van der Waals surface area contributed by atoms with Crippen LogP contribution in [0, 0.1) is 47.3 Å². The van der Waals surface area contributed by atoms with E-state index in [-0.39, 0.29) is 12.2 Å². The molecule has 4 fully saturated rings. The normalized spacial score (nSPS) is 30.0. The lowest BCUT2D eigenvalue weighted by atomic mass is 9.67. The Morgan fingerprint density at radius 1 is 0.418 bits per heavy atom. The first-order valence-electron chi connectivity index (χ1n) is 24.0. The van der Waals surface area contributed by atoms with Crippen molar-refractivity contribution in [3.63, 3.8) is 0 Å². The Balaban J connectivity index is 1.09. The van der Waals surface area contributed by atoms with Crippen LogP contribution < -0.4 is 9.47 Å². The molecule has 0 spiro atoms. The van der Waals surface area contributed by atoms with Gasteiger partial charge in [-0.3, -0.25) is 0 Å². The van der Waals surface area contributed by atoms with E-state index in [0.717, 1.165) is 47.0 Å². The number of rotatable bonds is 20. The molecule has 6 rings (SSSR count). The molecule has 0 amide bonds. The van der Waals surface area contributed by atoms with Crippen LogP contribution in [0.1, 0.15) is 204 Å². The number of methoxy groups -OCH3 is 2. The quantitative estimate of drug-likeness (QED) is 0.126. The Hall–Kier alpha value is -2.00. The van der Waals surface area contributed by atoms with E-state index in [4.69, 9.17) is 14.2 Å². The highest BCUT2D eigenvalue weighted by atomic mass is 16.5. The number of unbranched alkanes of at least 4 members (excludes halogenated alkanes) is 6. The summed E-state index contributed by atoms with van der Waals surface area (Å²) < 4.78 is 18.9. The second kappa shape index (κ2) is 22.8. The van der Waals surface area contributed by atoms with Gasteiger partial charge >= 0.3 is 0 Å². The Labute approximate surface area is 338 Å². The van der Waals surface area contributed by atoms with Crippen LogP contribution in [0.5, 0.6) is 11.5 Å². The maximum absolute atomic E-state index is 7.67. The zero-order chi connectivity index (χ0) is 38.2. The van der Waals surface area contributed by atoms with Gasteiger partial charge in [0.25, 0.3) is 0 Å². The average molecular weight is 755 g/mol. The van der Waals surface area contributed by atoms with Crippen molar-refractivity contribution in [1.82, 2.24) is 0 Å². The van der Waals surface area contributed by atoms with Crippen LogP contribution >= 0.6 is 0 Å². The van der Waals surface area contributed by atoms with E-state index >= 15 is 0 Å². The molecule has 4 aliphatic carbocycles. The van der Waals surface area contributed by atoms with E-state index < -0.39 is 0 Å². The van der Waals surface area contributed by atoms with Gasteiger partial charge in [-0.2, -0.15) is 0 Å². The van der Waals surface area contributed by atoms with E-state index in [9.17, 15) is 0 Å². The minimum absolute atomic E-state index is 0.114. The smallest absolute Gasteiger partial charge is 0.118 e. The van der Waals surface area contributed by atoms with Gasteiger partial charge in [0, 0.05) is 0 Å². The molecular weight excluding hydrogens is 673 g/mol. The lowest BCUT2D eigenvalue weighted by Crippen LogP contribution is -2.31. The zero-order valence-electron chi connectivity index (χ0n) is 36.0. The second-order valence-electron chi connectivity index (χ2n) is 19.1. The van der Waals surface area contributed by atoms with Crippen molar-refractivity contribution in [3.05, 3.63) is 59.7 Å². The van der Waals surface area contributed by atoms with Crippen LogP contribution in [0.3, 0.4) is 0 Å². The molecule has 0 N–H and O–H groups in total. The average Bonchev–Trinajstić information content (AvgIpc) is 3.25. The number of hydrogen-bond donors (Lipinski definition) is 0. The van der Waals surface area contributed by atoms with E-state index in [0.29, 0.717) is 11.8 Å². The van der Waals surface area contributed by atoms with Gasteiger partial charge in [0.2, 0.25) is 0 Å². The maximum atomic E-state index is 7.67. The molecule has 0 radical (unpaired) electrons. The summed E-state index contributed by atoms with van der Waals surface area (Å²) in [6.45, 7) is 4.66. The lowest BCUT2D eigenvalue weighted by Gasteiger charge is -2.43. The van der Waals surface area contributed by atoms with Gasteiger partial charge in [-0.25, -0.2) is 0 Å². The third-order valence-electron chi connectivity index (χ3n) is 15.7. The predicted molar refractivity (Wildman–Crippen MR) is 232 cm³/mol. The molecule has 3 nitrogen and oxygen atoms in total. The Morgan fingerprint density at radius 2 is 0.745 bits per heavy atom. The van der Waals surface area contributed by atoms with Gasteiger partial charge < -0.3 is 14.2 Å². The van der Waals surface area contributed by atoms with Crippen molar-refractivity contribution in [3.8, 4) is 11.5 Å². The largest absolute Gasteiger partial charge is 0.497 e. The van der Waals surface area contributed by atoms with E-state index in [1.54, 1.807) is 14.2 Å². The van der Waals surface area contributed by atoms with Crippen LogP contribution in [-0.2, 0) is 4.74 Å². The zero-order valence-corrected chi connectivity index (χ0v) is 36.0. The number of ether oxygens (including phenoxy) is 3. The first-order valence-corrected chi connectivity index (χ1v) is 24.0. The minimum Gasteiger partial charge on any atom is -0.497 e.